The van der Waals surface area contributed by atoms with Gasteiger partial charge in [0.25, 0.3) is 0 Å². The van der Waals surface area contributed by atoms with E-state index in [0.717, 1.165) is 42.6 Å². The van der Waals surface area contributed by atoms with Crippen LogP contribution in [-0.4, -0.2) is 10.7 Å². The number of fused-ring (bicyclic) bond motifs is 1. The second-order valence-corrected chi connectivity index (χ2v) is 6.88. The van der Waals surface area contributed by atoms with Crippen LogP contribution in [0.4, 0.5) is 0 Å². The largest absolute Gasteiger partial charge is 0.508 e. The van der Waals surface area contributed by atoms with Gasteiger partial charge in [0.2, 0.25) is 0 Å². The van der Waals surface area contributed by atoms with Crippen molar-refractivity contribution in [1.29, 1.82) is 0 Å². The standard InChI is InChI=1S/C20H24O2/c1-14-6-4-5-7-15(14)8-9-16-13-19-17(12-18(16)21)10-11-20(2,3)22-19/h4-7,12-13,21H,8-11H2,1-3H3. The first kappa shape index (κ1) is 15.0. The Bertz CT molecular complexity index is 686. The van der Waals surface area contributed by atoms with Crippen LogP contribution >= 0.6 is 0 Å². The number of hydrogen-bond acceptors (Lipinski definition) is 2. The normalized spacial score (nSPS) is 16.0. The highest BCUT2D eigenvalue weighted by atomic mass is 16.5. The van der Waals surface area contributed by atoms with Crippen LogP contribution in [0.2, 0.25) is 0 Å². The fourth-order valence-electron chi connectivity index (χ4n) is 3.09. The van der Waals surface area contributed by atoms with E-state index >= 15 is 0 Å². The van der Waals surface area contributed by atoms with E-state index < -0.39 is 0 Å². The lowest BCUT2D eigenvalue weighted by Gasteiger charge is -2.33. The zero-order valence-corrected chi connectivity index (χ0v) is 13.6. The van der Waals surface area contributed by atoms with Crippen molar-refractivity contribution >= 4 is 0 Å². The van der Waals surface area contributed by atoms with Crippen LogP contribution in [0.25, 0.3) is 0 Å². The monoisotopic (exact) mass is 296 g/mol. The van der Waals surface area contributed by atoms with E-state index in [1.165, 1.54) is 11.1 Å². The van der Waals surface area contributed by atoms with E-state index in [4.69, 9.17) is 4.74 Å². The Kier molecular flexibility index (Phi) is 3.86. The molecule has 0 unspecified atom stereocenters. The number of phenols is 1. The fraction of sp³-hybridized carbons (Fsp3) is 0.400. The topological polar surface area (TPSA) is 29.5 Å². The van der Waals surface area contributed by atoms with Gasteiger partial charge in [0.15, 0.2) is 0 Å². The third-order valence-electron chi connectivity index (χ3n) is 4.57. The zero-order valence-electron chi connectivity index (χ0n) is 13.6. The van der Waals surface area contributed by atoms with Crippen LogP contribution in [0.5, 0.6) is 11.5 Å². The first-order chi connectivity index (χ1) is 10.4. The molecule has 1 aliphatic rings. The van der Waals surface area contributed by atoms with Crippen molar-refractivity contribution in [2.24, 2.45) is 0 Å². The Balaban J connectivity index is 1.81. The number of aromatic hydroxyl groups is 1. The molecule has 0 amide bonds. The summed E-state index contributed by atoms with van der Waals surface area (Å²) in [6.07, 6.45) is 3.71. The predicted octanol–water partition coefficient (Wildman–Crippen LogP) is 4.59. The Morgan fingerprint density at radius 2 is 1.82 bits per heavy atom. The van der Waals surface area contributed by atoms with Crippen molar-refractivity contribution in [3.05, 3.63) is 58.7 Å². The summed E-state index contributed by atoms with van der Waals surface area (Å²) in [6.45, 7) is 6.37. The summed E-state index contributed by atoms with van der Waals surface area (Å²) in [4.78, 5) is 0. The second-order valence-electron chi connectivity index (χ2n) is 6.88. The maximum Gasteiger partial charge on any atom is 0.123 e. The number of phenolic OH excluding ortho intramolecular Hbond substituents is 1. The lowest BCUT2D eigenvalue weighted by Crippen LogP contribution is -2.32. The van der Waals surface area contributed by atoms with Gasteiger partial charge in [0.05, 0.1) is 0 Å². The van der Waals surface area contributed by atoms with Crippen LogP contribution in [0.3, 0.4) is 0 Å². The molecule has 0 bridgehead atoms. The Morgan fingerprint density at radius 1 is 1.09 bits per heavy atom. The molecule has 3 rings (SSSR count). The molecule has 0 saturated carbocycles. The van der Waals surface area contributed by atoms with Crippen molar-refractivity contribution in [2.45, 2.75) is 52.1 Å². The summed E-state index contributed by atoms with van der Waals surface area (Å²) >= 11 is 0. The molecule has 1 heterocycles. The van der Waals surface area contributed by atoms with Crippen molar-refractivity contribution in [1.82, 2.24) is 0 Å². The molecular weight excluding hydrogens is 272 g/mol. The summed E-state index contributed by atoms with van der Waals surface area (Å²) in [5.74, 6) is 1.34. The average molecular weight is 296 g/mol. The smallest absolute Gasteiger partial charge is 0.123 e. The van der Waals surface area contributed by atoms with Crippen molar-refractivity contribution in [3.8, 4) is 11.5 Å². The summed E-state index contributed by atoms with van der Waals surface area (Å²) in [6, 6.07) is 12.3. The van der Waals surface area contributed by atoms with Crippen molar-refractivity contribution < 1.29 is 9.84 Å². The summed E-state index contributed by atoms with van der Waals surface area (Å²) < 4.78 is 6.08. The minimum Gasteiger partial charge on any atom is -0.508 e. The van der Waals surface area contributed by atoms with Crippen LogP contribution in [-0.2, 0) is 19.3 Å². The van der Waals surface area contributed by atoms with Gasteiger partial charge >= 0.3 is 0 Å². The van der Waals surface area contributed by atoms with E-state index in [1.807, 2.05) is 12.1 Å². The lowest BCUT2D eigenvalue weighted by atomic mass is 9.92. The highest BCUT2D eigenvalue weighted by Gasteiger charge is 2.27. The third kappa shape index (κ3) is 3.11. The van der Waals surface area contributed by atoms with E-state index in [1.54, 1.807) is 0 Å². The zero-order chi connectivity index (χ0) is 15.7. The summed E-state index contributed by atoms with van der Waals surface area (Å²) in [7, 11) is 0. The minimum atomic E-state index is -0.114. The van der Waals surface area contributed by atoms with Gasteiger partial charge in [-0.2, -0.15) is 0 Å². The highest BCUT2D eigenvalue weighted by molar-refractivity contribution is 5.47. The molecule has 1 N–H and O–H groups in total. The number of hydrogen-bond donors (Lipinski definition) is 1. The molecule has 0 saturated heterocycles. The molecule has 0 aromatic heterocycles. The summed E-state index contributed by atoms with van der Waals surface area (Å²) in [5.41, 5.74) is 4.62. The van der Waals surface area contributed by atoms with Crippen molar-refractivity contribution in [2.75, 3.05) is 0 Å². The van der Waals surface area contributed by atoms with E-state index in [0.29, 0.717) is 5.75 Å². The number of rotatable bonds is 3. The van der Waals surface area contributed by atoms with Gasteiger partial charge in [0, 0.05) is 0 Å². The molecule has 22 heavy (non-hydrogen) atoms. The molecule has 0 radical (unpaired) electrons. The van der Waals surface area contributed by atoms with Crippen LogP contribution in [0, 0.1) is 6.92 Å². The quantitative estimate of drug-likeness (QED) is 0.897. The fourth-order valence-corrected chi connectivity index (χ4v) is 3.09. The first-order valence-electron chi connectivity index (χ1n) is 8.03. The molecule has 2 aromatic rings. The maximum atomic E-state index is 10.3. The van der Waals surface area contributed by atoms with Gasteiger partial charge in [-0.3, -0.25) is 0 Å². The maximum absolute atomic E-state index is 10.3. The van der Waals surface area contributed by atoms with Crippen LogP contribution < -0.4 is 4.74 Å². The minimum absolute atomic E-state index is 0.114. The Labute approximate surface area is 132 Å². The van der Waals surface area contributed by atoms with Gasteiger partial charge in [-0.05, 0) is 80.8 Å². The molecule has 1 aliphatic heterocycles. The van der Waals surface area contributed by atoms with Gasteiger partial charge < -0.3 is 9.84 Å². The number of benzene rings is 2. The number of ether oxygens (including phenoxy) is 1. The highest BCUT2D eigenvalue weighted by Crippen LogP contribution is 2.37. The molecule has 0 atom stereocenters. The average Bonchev–Trinajstić information content (AvgIpc) is 2.46. The summed E-state index contributed by atoms with van der Waals surface area (Å²) in [5, 5.41) is 10.3. The third-order valence-corrected chi connectivity index (χ3v) is 4.57. The van der Waals surface area contributed by atoms with Crippen LogP contribution in [0.15, 0.2) is 36.4 Å². The van der Waals surface area contributed by atoms with Gasteiger partial charge in [-0.1, -0.05) is 24.3 Å². The van der Waals surface area contributed by atoms with E-state index in [-0.39, 0.29) is 5.60 Å². The molecule has 2 heteroatoms. The molecule has 0 fully saturated rings. The Morgan fingerprint density at radius 3 is 2.59 bits per heavy atom. The molecule has 2 aromatic carbocycles. The Hall–Kier alpha value is -1.96. The molecule has 0 aliphatic carbocycles. The van der Waals surface area contributed by atoms with Gasteiger partial charge in [-0.25, -0.2) is 0 Å². The van der Waals surface area contributed by atoms with Crippen LogP contribution in [0.1, 0.15) is 42.5 Å². The molecule has 2 nitrogen and oxygen atoms in total. The first-order valence-corrected chi connectivity index (χ1v) is 8.03. The van der Waals surface area contributed by atoms with E-state index in [2.05, 4.69) is 45.0 Å². The van der Waals surface area contributed by atoms with Gasteiger partial charge in [-0.15, -0.1) is 0 Å². The number of aryl methyl sites for hydroxylation is 4. The predicted molar refractivity (Wildman–Crippen MR) is 89.7 cm³/mol. The molecule has 0 spiro atoms. The van der Waals surface area contributed by atoms with Crippen molar-refractivity contribution in [3.63, 3.8) is 0 Å². The van der Waals surface area contributed by atoms with E-state index in [9.17, 15) is 5.11 Å². The lowest BCUT2D eigenvalue weighted by molar-refractivity contribution is 0.0844. The molecule has 116 valence electrons. The SMILES string of the molecule is Cc1ccccc1CCc1cc2c(cc1O)CCC(C)(C)O2. The van der Waals surface area contributed by atoms with Gasteiger partial charge in [0.1, 0.15) is 17.1 Å². The second kappa shape index (κ2) is 5.68. The molecular formula is C20H24O2.